The van der Waals surface area contributed by atoms with Gasteiger partial charge in [0, 0.05) is 12.8 Å². The van der Waals surface area contributed by atoms with Crippen molar-refractivity contribution < 1.29 is 57.9 Å². The Bertz CT molecular complexity index is 882. The highest BCUT2D eigenvalue weighted by atomic mass is 32.3. The van der Waals surface area contributed by atoms with Crippen molar-refractivity contribution >= 4 is 26.3 Å². The Balaban J connectivity index is 1.47. The topological polar surface area (TPSA) is 146 Å². The second kappa shape index (κ2) is 6.23. The third kappa shape index (κ3) is 3.29. The largest absolute Gasteiger partial charge is 0.480 e. The molecule has 0 amide bonds. The highest BCUT2D eigenvalue weighted by Gasteiger charge is 2.65. The number of alkyl halides is 3. The molecule has 4 fully saturated rings. The zero-order valence-corrected chi connectivity index (χ0v) is 15.3. The lowest BCUT2D eigenvalue weighted by molar-refractivity contribution is -0.228. The van der Waals surface area contributed by atoms with Gasteiger partial charge in [-0.3, -0.25) is 4.18 Å². The average molecular weight is 452 g/mol. The van der Waals surface area contributed by atoms with Gasteiger partial charge < -0.3 is 23.1 Å². The standard InChI is InChI=1S/C12H13F3NO10S2/c13-12(14,15)27(18,19)16-28(20,21)26-7-5-6(22-9(7)17)8-10(23-5)25-11(24-8)3-1-2-4-11/h5-8,10H,1-4H2/q-1. The van der Waals surface area contributed by atoms with Crippen LogP contribution in [0.25, 0.3) is 4.13 Å². The Labute approximate surface area is 156 Å². The van der Waals surface area contributed by atoms with Crippen molar-refractivity contribution in [2.45, 2.75) is 67.7 Å². The molecule has 3 saturated heterocycles. The van der Waals surface area contributed by atoms with Crippen LogP contribution in [0.4, 0.5) is 13.2 Å². The number of hydrogen-bond donors (Lipinski definition) is 0. The van der Waals surface area contributed by atoms with E-state index in [-0.39, 0.29) is 0 Å². The zero-order chi connectivity index (χ0) is 20.5. The van der Waals surface area contributed by atoms with Gasteiger partial charge in [0.2, 0.25) is 16.4 Å². The molecule has 0 N–H and O–H groups in total. The van der Waals surface area contributed by atoms with Gasteiger partial charge in [-0.05, 0) is 12.8 Å². The number of rotatable bonds is 4. The van der Waals surface area contributed by atoms with Gasteiger partial charge in [0.05, 0.1) is 0 Å². The molecule has 160 valence electrons. The van der Waals surface area contributed by atoms with Crippen LogP contribution in [0.1, 0.15) is 25.7 Å². The number of ether oxygens (including phenoxy) is 4. The van der Waals surface area contributed by atoms with Crippen molar-refractivity contribution in [2.75, 3.05) is 0 Å². The molecule has 5 unspecified atom stereocenters. The second-order valence-electron chi connectivity index (χ2n) is 6.63. The molecule has 16 heteroatoms. The quantitative estimate of drug-likeness (QED) is 0.541. The number of carbonyl (C=O) groups is 1. The van der Waals surface area contributed by atoms with E-state index in [1.807, 2.05) is 0 Å². The van der Waals surface area contributed by atoms with Crippen LogP contribution in [0.2, 0.25) is 0 Å². The second-order valence-corrected chi connectivity index (χ2v) is 9.69. The predicted octanol–water partition coefficient (Wildman–Crippen LogP) is 0.176. The fraction of sp³-hybridized carbons (Fsp3) is 0.917. The number of sulfonamides is 1. The summed E-state index contributed by atoms with van der Waals surface area (Å²) < 4.78 is 110. The third-order valence-corrected chi connectivity index (χ3v) is 7.30. The van der Waals surface area contributed by atoms with Gasteiger partial charge >= 0.3 is 11.5 Å². The summed E-state index contributed by atoms with van der Waals surface area (Å²) in [7, 11) is -12.1. The zero-order valence-electron chi connectivity index (χ0n) is 13.7. The van der Waals surface area contributed by atoms with Crippen molar-refractivity contribution in [3.8, 4) is 0 Å². The summed E-state index contributed by atoms with van der Waals surface area (Å²) in [5.74, 6) is -2.15. The van der Waals surface area contributed by atoms with Crippen LogP contribution in [-0.2, 0) is 48.3 Å². The molecule has 1 aliphatic carbocycles. The van der Waals surface area contributed by atoms with E-state index in [1.165, 1.54) is 0 Å². The minimum atomic E-state index is -6.40. The molecule has 11 nitrogen and oxygen atoms in total. The van der Waals surface area contributed by atoms with Gasteiger partial charge in [-0.25, -0.2) is 21.6 Å². The summed E-state index contributed by atoms with van der Waals surface area (Å²) >= 11 is 0. The molecule has 4 rings (SSSR count). The average Bonchev–Trinajstić information content (AvgIpc) is 3.25. The van der Waals surface area contributed by atoms with Gasteiger partial charge in [0.1, 0.15) is 6.10 Å². The molecule has 0 aromatic rings. The summed E-state index contributed by atoms with van der Waals surface area (Å²) in [5, 5.41) is 0. The highest BCUT2D eigenvalue weighted by Crippen LogP contribution is 2.49. The Kier molecular flexibility index (Phi) is 4.50. The van der Waals surface area contributed by atoms with E-state index < -0.39 is 68.3 Å². The maximum Gasteiger partial charge on any atom is 0.480 e. The smallest absolute Gasteiger partial charge is 0.454 e. The van der Waals surface area contributed by atoms with E-state index in [1.54, 1.807) is 4.13 Å². The molecule has 5 atom stereocenters. The van der Waals surface area contributed by atoms with Gasteiger partial charge in [0.25, 0.3) is 0 Å². The van der Waals surface area contributed by atoms with Crippen LogP contribution < -0.4 is 0 Å². The van der Waals surface area contributed by atoms with E-state index in [0.29, 0.717) is 12.8 Å². The fourth-order valence-corrected chi connectivity index (χ4v) is 5.51. The molecule has 4 aliphatic rings. The lowest BCUT2D eigenvalue weighted by Crippen LogP contribution is -2.38. The Morgan fingerprint density at radius 2 is 1.68 bits per heavy atom. The van der Waals surface area contributed by atoms with Crippen molar-refractivity contribution in [1.29, 1.82) is 0 Å². The maximum absolute atomic E-state index is 12.3. The number of esters is 1. The monoisotopic (exact) mass is 452 g/mol. The molecule has 0 aromatic heterocycles. The normalized spacial score (nSPS) is 37.2. The molecule has 0 radical (unpaired) electrons. The molecule has 28 heavy (non-hydrogen) atoms. The first kappa shape index (κ1) is 20.2. The van der Waals surface area contributed by atoms with E-state index in [0.717, 1.165) is 12.8 Å². The third-order valence-electron chi connectivity index (χ3n) is 4.74. The van der Waals surface area contributed by atoms with Crippen LogP contribution in [0.3, 0.4) is 0 Å². The predicted molar refractivity (Wildman–Crippen MR) is 77.8 cm³/mol. The highest BCUT2D eigenvalue weighted by molar-refractivity contribution is 8.10. The number of halogens is 3. The fourth-order valence-electron chi connectivity index (χ4n) is 3.62. The summed E-state index contributed by atoms with van der Waals surface area (Å²) in [6.45, 7) is 0. The molecule has 0 bridgehead atoms. The maximum atomic E-state index is 12.3. The first-order valence-electron chi connectivity index (χ1n) is 8.03. The summed E-state index contributed by atoms with van der Waals surface area (Å²) in [6, 6.07) is 0. The molecular weight excluding hydrogens is 439 g/mol. The Hall–Kier alpha value is -1.04. The summed E-state index contributed by atoms with van der Waals surface area (Å²) in [4.78, 5) is 11.9. The summed E-state index contributed by atoms with van der Waals surface area (Å²) in [5.41, 5.74) is -5.96. The van der Waals surface area contributed by atoms with E-state index in [2.05, 4.69) is 4.18 Å². The molecule has 0 aromatic carbocycles. The lowest BCUT2D eigenvalue weighted by Gasteiger charge is -2.26. The minimum Gasteiger partial charge on any atom is -0.454 e. The molecule has 1 spiro atoms. The van der Waals surface area contributed by atoms with Crippen LogP contribution in [-0.4, -0.2) is 64.8 Å². The van der Waals surface area contributed by atoms with Crippen LogP contribution in [0, 0.1) is 0 Å². The van der Waals surface area contributed by atoms with Gasteiger partial charge in [-0.15, -0.1) is 0 Å². The SMILES string of the molecule is O=C1OC2C3OC4(CCCC4)OC3OC2C1OS(=O)(=O)[N-]S(=O)(=O)C(F)(F)F. The minimum absolute atomic E-state index is 0.594. The first-order valence-corrected chi connectivity index (χ1v) is 10.8. The van der Waals surface area contributed by atoms with E-state index in [9.17, 15) is 34.8 Å². The van der Waals surface area contributed by atoms with Crippen molar-refractivity contribution in [3.63, 3.8) is 0 Å². The number of nitrogens with zero attached hydrogens (tertiary/aromatic N) is 1. The van der Waals surface area contributed by atoms with E-state index >= 15 is 0 Å². The van der Waals surface area contributed by atoms with Crippen molar-refractivity contribution in [3.05, 3.63) is 4.13 Å². The van der Waals surface area contributed by atoms with E-state index in [4.69, 9.17) is 18.9 Å². The van der Waals surface area contributed by atoms with Crippen LogP contribution >= 0.6 is 0 Å². The Morgan fingerprint density at radius 3 is 2.29 bits per heavy atom. The number of fused-ring (bicyclic) bond motifs is 3. The van der Waals surface area contributed by atoms with Gasteiger partial charge in [-0.1, -0.05) is 0 Å². The van der Waals surface area contributed by atoms with Gasteiger partial charge in [0.15, 0.2) is 34.3 Å². The van der Waals surface area contributed by atoms with Crippen molar-refractivity contribution in [2.24, 2.45) is 0 Å². The van der Waals surface area contributed by atoms with Crippen LogP contribution in [0.5, 0.6) is 0 Å². The number of carbonyl (C=O) groups excluding carboxylic acids is 1. The first-order chi connectivity index (χ1) is 12.8. The van der Waals surface area contributed by atoms with Gasteiger partial charge in [-0.2, -0.15) is 13.2 Å². The lowest BCUT2D eigenvalue weighted by atomic mass is 10.1. The van der Waals surface area contributed by atoms with Crippen LogP contribution in [0.15, 0.2) is 0 Å². The molecular formula is C12H13F3NO10S2-. The van der Waals surface area contributed by atoms with Crippen molar-refractivity contribution in [1.82, 2.24) is 0 Å². The summed E-state index contributed by atoms with van der Waals surface area (Å²) in [6.07, 6.45) is -3.55. The Morgan fingerprint density at radius 1 is 1.04 bits per heavy atom. The molecule has 3 heterocycles. The molecule has 1 saturated carbocycles. The molecule has 3 aliphatic heterocycles. The number of hydrogen-bond acceptors (Lipinski definition) is 10.